The lowest BCUT2D eigenvalue weighted by molar-refractivity contribution is 0.0597. The third-order valence-corrected chi connectivity index (χ3v) is 6.15. The number of rotatable bonds is 8. The van der Waals surface area contributed by atoms with Crippen molar-refractivity contribution in [2.75, 3.05) is 7.11 Å². The number of ether oxygens (including phenoxy) is 1. The molecule has 0 spiro atoms. The molecule has 0 saturated carbocycles. The molecule has 178 valence electrons. The number of benzene rings is 2. The number of aromatic amines is 1. The van der Waals surface area contributed by atoms with Crippen molar-refractivity contribution in [2.45, 2.75) is 23.8 Å². The van der Waals surface area contributed by atoms with E-state index in [-0.39, 0.29) is 35.5 Å². The largest absolute Gasteiger partial charge is 0.507 e. The van der Waals surface area contributed by atoms with Crippen LogP contribution in [0.4, 0.5) is 4.39 Å². The first-order valence-electron chi connectivity index (χ1n) is 10.6. The van der Waals surface area contributed by atoms with Crippen molar-refractivity contribution < 1.29 is 19.0 Å². The molecule has 0 amide bonds. The van der Waals surface area contributed by atoms with Gasteiger partial charge in [-0.1, -0.05) is 30.0 Å². The second kappa shape index (κ2) is 10.9. The molecule has 0 radical (unpaired) electrons. The van der Waals surface area contributed by atoms with E-state index in [0.717, 1.165) is 11.1 Å². The molecule has 4 aromatic rings. The van der Waals surface area contributed by atoms with Crippen molar-refractivity contribution in [1.82, 2.24) is 19.9 Å². The quantitative estimate of drug-likeness (QED) is 0.217. The Kier molecular flexibility index (Phi) is 7.51. The van der Waals surface area contributed by atoms with Crippen LogP contribution in [0.3, 0.4) is 0 Å². The first-order valence-corrected chi connectivity index (χ1v) is 11.5. The number of esters is 1. The third-order valence-electron chi connectivity index (χ3n) is 5.20. The van der Waals surface area contributed by atoms with Crippen LogP contribution in [0.25, 0.3) is 0 Å². The Morgan fingerprint density at radius 3 is 2.49 bits per heavy atom. The molecule has 0 fully saturated rings. The molecule has 2 heterocycles. The molecule has 8 nitrogen and oxygen atoms in total. The summed E-state index contributed by atoms with van der Waals surface area (Å²) in [7, 11) is 1.23. The van der Waals surface area contributed by atoms with Crippen molar-refractivity contribution in [3.05, 3.63) is 111 Å². The number of nitrogens with zero attached hydrogens (tertiary/aromatic N) is 3. The van der Waals surface area contributed by atoms with Crippen molar-refractivity contribution >= 4 is 17.7 Å². The monoisotopic (exact) mass is 492 g/mol. The van der Waals surface area contributed by atoms with Crippen LogP contribution in [0.5, 0.6) is 5.75 Å². The van der Waals surface area contributed by atoms with E-state index >= 15 is 0 Å². The highest BCUT2D eigenvalue weighted by atomic mass is 32.2. The minimum atomic E-state index is -0.666. The highest BCUT2D eigenvalue weighted by Crippen LogP contribution is 2.24. The van der Waals surface area contributed by atoms with Crippen LogP contribution in [-0.2, 0) is 23.3 Å². The molecular weight excluding hydrogens is 471 g/mol. The van der Waals surface area contributed by atoms with Crippen LogP contribution in [0, 0.1) is 5.82 Å². The lowest BCUT2D eigenvalue weighted by atomic mass is 10.0. The zero-order chi connectivity index (χ0) is 24.8. The Bertz CT molecular complexity index is 1400. The van der Waals surface area contributed by atoms with E-state index in [1.54, 1.807) is 30.6 Å². The van der Waals surface area contributed by atoms with Crippen LogP contribution in [0.1, 0.15) is 38.3 Å². The van der Waals surface area contributed by atoms with E-state index in [2.05, 4.69) is 19.9 Å². The van der Waals surface area contributed by atoms with E-state index in [1.165, 1.54) is 49.5 Å². The number of aromatic hydroxyl groups is 1. The van der Waals surface area contributed by atoms with E-state index in [9.17, 15) is 19.1 Å². The second-order valence-corrected chi connectivity index (χ2v) is 8.62. The number of phenols is 1. The molecule has 0 bridgehead atoms. The number of aromatic nitrogens is 4. The standard InChI is InChI=1S/C25H21FN4O4S/c1-34-24(33)20-8-16(4-7-22(20)31)10-21-19(9-17-11-27-14-28-12-17)23(32)30-25(29-21)35-13-15-2-5-18(26)6-3-15/h2-8,11-12,14,31H,9-10,13H2,1H3,(H,29,30,32). The van der Waals surface area contributed by atoms with Gasteiger partial charge in [0.25, 0.3) is 5.56 Å². The lowest BCUT2D eigenvalue weighted by Gasteiger charge is -2.12. The fourth-order valence-electron chi connectivity index (χ4n) is 3.44. The molecule has 10 heteroatoms. The van der Waals surface area contributed by atoms with Gasteiger partial charge in [-0.05, 0) is 41.0 Å². The molecule has 35 heavy (non-hydrogen) atoms. The highest BCUT2D eigenvalue weighted by Gasteiger charge is 2.17. The zero-order valence-corrected chi connectivity index (χ0v) is 19.5. The normalized spacial score (nSPS) is 10.8. The van der Waals surface area contributed by atoms with Crippen molar-refractivity contribution in [1.29, 1.82) is 0 Å². The average molecular weight is 493 g/mol. The van der Waals surface area contributed by atoms with Crippen molar-refractivity contribution in [3.63, 3.8) is 0 Å². The molecule has 2 N–H and O–H groups in total. The van der Waals surface area contributed by atoms with E-state index in [1.807, 2.05) is 0 Å². The van der Waals surface area contributed by atoms with Crippen molar-refractivity contribution in [2.24, 2.45) is 0 Å². The number of H-pyrrole nitrogens is 1. The summed E-state index contributed by atoms with van der Waals surface area (Å²) in [6, 6.07) is 10.7. The average Bonchev–Trinajstić information content (AvgIpc) is 2.87. The summed E-state index contributed by atoms with van der Waals surface area (Å²) >= 11 is 1.32. The van der Waals surface area contributed by atoms with E-state index < -0.39 is 5.97 Å². The van der Waals surface area contributed by atoms with Crippen LogP contribution in [0.2, 0.25) is 0 Å². The molecule has 0 aliphatic heterocycles. The smallest absolute Gasteiger partial charge is 0.341 e. The summed E-state index contributed by atoms with van der Waals surface area (Å²) in [6.45, 7) is 0. The molecule has 2 aromatic heterocycles. The van der Waals surface area contributed by atoms with Crippen LogP contribution < -0.4 is 5.56 Å². The summed E-state index contributed by atoms with van der Waals surface area (Å²) in [4.78, 5) is 40.6. The SMILES string of the molecule is COC(=O)c1cc(Cc2nc(SCc3ccc(F)cc3)[nH]c(=O)c2Cc2cncnc2)ccc1O. The molecule has 2 aromatic carbocycles. The lowest BCUT2D eigenvalue weighted by Crippen LogP contribution is -2.20. The van der Waals surface area contributed by atoms with Crippen molar-refractivity contribution in [3.8, 4) is 5.75 Å². The molecular formula is C25H21FN4O4S. The number of phenolic OH excluding ortho intramolecular Hbond substituents is 1. The van der Waals surface area contributed by atoms with E-state index in [0.29, 0.717) is 27.7 Å². The minimum absolute atomic E-state index is 0.0266. The van der Waals surface area contributed by atoms with Gasteiger partial charge in [0.1, 0.15) is 23.5 Å². The summed E-state index contributed by atoms with van der Waals surface area (Å²) in [5.41, 5.74) is 2.98. The fourth-order valence-corrected chi connectivity index (χ4v) is 4.27. The number of carbonyl (C=O) groups excluding carboxylic acids is 1. The van der Waals surface area contributed by atoms with Gasteiger partial charge >= 0.3 is 5.97 Å². The molecule has 4 rings (SSSR count). The van der Waals surface area contributed by atoms with Gasteiger partial charge in [-0.3, -0.25) is 4.79 Å². The Morgan fingerprint density at radius 1 is 1.06 bits per heavy atom. The number of thioether (sulfide) groups is 1. The second-order valence-electron chi connectivity index (χ2n) is 7.65. The fraction of sp³-hybridized carbons (Fsp3) is 0.160. The Labute approximate surface area is 204 Å². The number of carbonyl (C=O) groups is 1. The number of hydrogen-bond acceptors (Lipinski definition) is 8. The van der Waals surface area contributed by atoms with Gasteiger partial charge in [0, 0.05) is 36.6 Å². The predicted octanol–water partition coefficient (Wildman–Crippen LogP) is 3.67. The number of nitrogens with one attached hydrogen (secondary N) is 1. The maximum Gasteiger partial charge on any atom is 0.341 e. The number of methoxy groups -OCH3 is 1. The van der Waals surface area contributed by atoms with Gasteiger partial charge in [0.05, 0.1) is 12.8 Å². The predicted molar refractivity (Wildman–Crippen MR) is 128 cm³/mol. The Hall–Kier alpha value is -4.05. The maximum absolute atomic E-state index is 13.2. The third kappa shape index (κ3) is 6.10. The van der Waals surface area contributed by atoms with Gasteiger partial charge in [-0.25, -0.2) is 24.1 Å². The number of halogens is 1. The topological polar surface area (TPSA) is 118 Å². The zero-order valence-electron chi connectivity index (χ0n) is 18.7. The summed E-state index contributed by atoms with van der Waals surface area (Å²) < 4.78 is 17.9. The van der Waals surface area contributed by atoms with Gasteiger partial charge in [-0.15, -0.1) is 0 Å². The Morgan fingerprint density at radius 2 is 1.77 bits per heavy atom. The molecule has 0 aliphatic rings. The van der Waals surface area contributed by atoms with E-state index in [4.69, 9.17) is 4.74 Å². The molecule has 0 atom stereocenters. The van der Waals surface area contributed by atoms with Crippen LogP contribution >= 0.6 is 11.8 Å². The highest BCUT2D eigenvalue weighted by molar-refractivity contribution is 7.98. The van der Waals surface area contributed by atoms with Crippen LogP contribution in [-0.4, -0.2) is 38.1 Å². The molecule has 0 saturated heterocycles. The molecule has 0 unspecified atom stereocenters. The summed E-state index contributed by atoms with van der Waals surface area (Å²) in [6.07, 6.45) is 5.17. The first kappa shape index (κ1) is 24.1. The van der Waals surface area contributed by atoms with Gasteiger partial charge in [0.2, 0.25) is 0 Å². The van der Waals surface area contributed by atoms with Gasteiger partial charge in [0.15, 0.2) is 5.16 Å². The summed E-state index contributed by atoms with van der Waals surface area (Å²) in [5, 5.41) is 10.4. The van der Waals surface area contributed by atoms with Gasteiger partial charge in [-0.2, -0.15) is 0 Å². The maximum atomic E-state index is 13.2. The Balaban J connectivity index is 1.68. The first-order chi connectivity index (χ1) is 16.9. The molecule has 0 aliphatic carbocycles. The van der Waals surface area contributed by atoms with Crippen LogP contribution in [0.15, 0.2) is 71.1 Å². The summed E-state index contributed by atoms with van der Waals surface area (Å²) in [5.74, 6) is -0.695. The van der Waals surface area contributed by atoms with Gasteiger partial charge < -0.3 is 14.8 Å². The number of hydrogen-bond donors (Lipinski definition) is 2. The minimum Gasteiger partial charge on any atom is -0.507 e.